The van der Waals surface area contributed by atoms with Crippen LogP contribution in [0.4, 0.5) is 0 Å². The summed E-state index contributed by atoms with van der Waals surface area (Å²) in [6.07, 6.45) is 2.68. The topological polar surface area (TPSA) is 89.6 Å². The van der Waals surface area contributed by atoms with Gasteiger partial charge in [0.2, 0.25) is 0 Å². The van der Waals surface area contributed by atoms with Crippen molar-refractivity contribution < 1.29 is 4.79 Å². The number of aromatic amines is 1. The van der Waals surface area contributed by atoms with Gasteiger partial charge in [0.15, 0.2) is 11.0 Å². The third-order valence-corrected chi connectivity index (χ3v) is 5.64. The van der Waals surface area contributed by atoms with E-state index >= 15 is 0 Å². The van der Waals surface area contributed by atoms with Crippen LogP contribution in [0.5, 0.6) is 0 Å². The second-order valence-electron chi connectivity index (χ2n) is 7.72. The van der Waals surface area contributed by atoms with Crippen LogP contribution in [-0.2, 0) is 17.8 Å². The number of hydrogen-bond acceptors (Lipinski definition) is 5. The Balaban J connectivity index is 1.76. The van der Waals surface area contributed by atoms with E-state index in [1.54, 1.807) is 0 Å². The van der Waals surface area contributed by atoms with Gasteiger partial charge in [-0.15, -0.1) is 10.2 Å². The van der Waals surface area contributed by atoms with Gasteiger partial charge in [0.25, 0.3) is 0 Å². The molecule has 0 aliphatic carbocycles. The summed E-state index contributed by atoms with van der Waals surface area (Å²) in [5, 5.41) is 10.6. The van der Waals surface area contributed by atoms with Crippen LogP contribution in [0.3, 0.4) is 0 Å². The van der Waals surface area contributed by atoms with Gasteiger partial charge in [0, 0.05) is 29.1 Å². The number of thioether (sulfide) groups is 1. The average Bonchev–Trinajstić information content (AvgIpc) is 3.22. The van der Waals surface area contributed by atoms with Crippen LogP contribution in [0.15, 0.2) is 35.6 Å². The Morgan fingerprint density at radius 3 is 2.74 bits per heavy atom. The smallest absolute Gasteiger partial charge is 0.191 e. The molecule has 0 radical (unpaired) electrons. The number of carbonyl (C=O) groups is 1. The molecule has 0 unspecified atom stereocenters. The predicted molar refractivity (Wildman–Crippen MR) is 110 cm³/mol. The summed E-state index contributed by atoms with van der Waals surface area (Å²) in [5.74, 6) is 1.34. The molecule has 6 nitrogen and oxygen atoms in total. The third kappa shape index (κ3) is 4.25. The van der Waals surface area contributed by atoms with Crippen LogP contribution < -0.4 is 5.73 Å². The van der Waals surface area contributed by atoms with Crippen LogP contribution in [0.2, 0.25) is 0 Å². The molecule has 0 amide bonds. The fourth-order valence-corrected chi connectivity index (χ4v) is 4.12. The van der Waals surface area contributed by atoms with Crippen LogP contribution in [0.1, 0.15) is 45.1 Å². The molecule has 0 spiro atoms. The molecule has 3 N–H and O–H groups in total. The van der Waals surface area contributed by atoms with E-state index in [-0.39, 0.29) is 17.2 Å². The number of nitrogens with one attached hydrogen (secondary N) is 1. The quantitative estimate of drug-likeness (QED) is 0.605. The monoisotopic (exact) mass is 385 g/mol. The molecule has 3 aromatic rings. The van der Waals surface area contributed by atoms with Gasteiger partial charge in [0.05, 0.1) is 11.8 Å². The molecular formula is C20H27N5OS. The first kappa shape index (κ1) is 19.6. The molecule has 144 valence electrons. The molecular weight excluding hydrogens is 358 g/mol. The molecule has 1 aromatic carbocycles. The summed E-state index contributed by atoms with van der Waals surface area (Å²) >= 11 is 1.43. The summed E-state index contributed by atoms with van der Waals surface area (Å²) in [6.45, 7) is 8.56. The molecule has 3 rings (SSSR count). The molecule has 0 aliphatic rings. The van der Waals surface area contributed by atoms with Crippen molar-refractivity contribution in [2.75, 3.05) is 5.75 Å². The standard InChI is InChI=1S/C20H27N5OS/c1-5-25-18(23-24-19(25)27-12-17(26)20(2,3)4)15(21)10-13-11-22-16-9-7-6-8-14(13)16/h6-9,11,15,22H,5,10,12,21H2,1-4H3/t15-/m0/s1. The Morgan fingerprint density at radius 1 is 1.30 bits per heavy atom. The second-order valence-corrected chi connectivity index (χ2v) is 8.66. The van der Waals surface area contributed by atoms with Gasteiger partial charge >= 0.3 is 0 Å². The minimum atomic E-state index is -0.349. The Hall–Kier alpha value is -2.12. The molecule has 7 heteroatoms. The number of ketones is 1. The summed E-state index contributed by atoms with van der Waals surface area (Å²) in [4.78, 5) is 15.5. The highest BCUT2D eigenvalue weighted by molar-refractivity contribution is 7.99. The average molecular weight is 386 g/mol. The first-order valence-electron chi connectivity index (χ1n) is 9.21. The zero-order chi connectivity index (χ0) is 19.6. The lowest BCUT2D eigenvalue weighted by atomic mass is 9.92. The maximum Gasteiger partial charge on any atom is 0.191 e. The third-order valence-electron chi connectivity index (χ3n) is 4.68. The molecule has 0 fully saturated rings. The van der Waals surface area contributed by atoms with Crippen LogP contribution in [0.25, 0.3) is 10.9 Å². The van der Waals surface area contributed by atoms with Crippen LogP contribution in [0, 0.1) is 5.41 Å². The number of benzene rings is 1. The number of hydrogen-bond donors (Lipinski definition) is 2. The lowest BCUT2D eigenvalue weighted by Gasteiger charge is -2.16. The van der Waals surface area contributed by atoms with Crippen molar-refractivity contribution >= 4 is 28.4 Å². The first-order valence-corrected chi connectivity index (χ1v) is 10.2. The van der Waals surface area contributed by atoms with Gasteiger partial charge < -0.3 is 15.3 Å². The van der Waals surface area contributed by atoms with E-state index in [2.05, 4.69) is 27.3 Å². The van der Waals surface area contributed by atoms with Gasteiger partial charge in [-0.05, 0) is 25.0 Å². The van der Waals surface area contributed by atoms with E-state index in [9.17, 15) is 4.79 Å². The molecule has 2 aromatic heterocycles. The molecule has 0 bridgehead atoms. The fourth-order valence-electron chi connectivity index (χ4n) is 2.95. The van der Waals surface area contributed by atoms with Crippen molar-refractivity contribution in [2.45, 2.75) is 51.9 Å². The van der Waals surface area contributed by atoms with Crippen molar-refractivity contribution in [2.24, 2.45) is 11.1 Å². The van der Waals surface area contributed by atoms with E-state index in [4.69, 9.17) is 5.73 Å². The van der Waals surface area contributed by atoms with Gasteiger partial charge in [-0.3, -0.25) is 4.79 Å². The highest BCUT2D eigenvalue weighted by Crippen LogP contribution is 2.26. The van der Waals surface area contributed by atoms with E-state index in [1.165, 1.54) is 22.7 Å². The second kappa shape index (κ2) is 7.86. The lowest BCUT2D eigenvalue weighted by Crippen LogP contribution is -2.22. The number of aromatic nitrogens is 4. The summed E-state index contributed by atoms with van der Waals surface area (Å²) in [7, 11) is 0. The molecule has 0 aliphatic heterocycles. The molecule has 0 saturated carbocycles. The number of carbonyl (C=O) groups excluding carboxylic acids is 1. The first-order chi connectivity index (χ1) is 12.8. The van der Waals surface area contributed by atoms with Crippen molar-refractivity contribution in [3.63, 3.8) is 0 Å². The van der Waals surface area contributed by atoms with E-state index < -0.39 is 0 Å². The number of Topliss-reactive ketones (excluding diaryl/α,β-unsaturated/α-hetero) is 1. The summed E-state index contributed by atoms with van der Waals surface area (Å²) < 4.78 is 2.01. The Kier molecular flexibility index (Phi) is 5.72. The van der Waals surface area contributed by atoms with E-state index in [0.29, 0.717) is 12.2 Å². The molecule has 1 atom stereocenters. The summed E-state index contributed by atoms with van der Waals surface area (Å²) in [6, 6.07) is 7.93. The number of rotatable bonds is 7. The van der Waals surface area contributed by atoms with Gasteiger partial charge in [-0.25, -0.2) is 0 Å². The van der Waals surface area contributed by atoms with Crippen molar-refractivity contribution in [1.82, 2.24) is 19.7 Å². The van der Waals surface area contributed by atoms with Gasteiger partial charge in [-0.1, -0.05) is 50.7 Å². The van der Waals surface area contributed by atoms with Crippen molar-refractivity contribution in [3.8, 4) is 0 Å². The van der Waals surface area contributed by atoms with Gasteiger partial charge in [-0.2, -0.15) is 0 Å². The van der Waals surface area contributed by atoms with Crippen LogP contribution >= 0.6 is 11.8 Å². The highest BCUT2D eigenvalue weighted by atomic mass is 32.2. The minimum Gasteiger partial charge on any atom is -0.361 e. The maximum atomic E-state index is 12.2. The Morgan fingerprint density at radius 2 is 2.04 bits per heavy atom. The number of nitrogens with zero attached hydrogens (tertiary/aromatic N) is 3. The van der Waals surface area contributed by atoms with E-state index in [1.807, 2.05) is 50.6 Å². The van der Waals surface area contributed by atoms with Crippen molar-refractivity contribution in [3.05, 3.63) is 41.9 Å². The minimum absolute atomic E-state index is 0.197. The Labute approximate surface area is 163 Å². The number of nitrogens with two attached hydrogens (primary N) is 1. The molecule has 0 saturated heterocycles. The summed E-state index contributed by atoms with van der Waals surface area (Å²) in [5.41, 5.74) is 8.40. The number of H-pyrrole nitrogens is 1. The fraction of sp³-hybridized carbons (Fsp3) is 0.450. The largest absolute Gasteiger partial charge is 0.361 e. The lowest BCUT2D eigenvalue weighted by molar-refractivity contribution is -0.123. The zero-order valence-electron chi connectivity index (χ0n) is 16.3. The normalized spacial score (nSPS) is 13.2. The maximum absolute atomic E-state index is 12.2. The highest BCUT2D eigenvalue weighted by Gasteiger charge is 2.24. The molecule has 2 heterocycles. The molecule has 27 heavy (non-hydrogen) atoms. The van der Waals surface area contributed by atoms with E-state index in [0.717, 1.165) is 23.0 Å². The number of fused-ring (bicyclic) bond motifs is 1. The van der Waals surface area contributed by atoms with Gasteiger partial charge in [0.1, 0.15) is 5.78 Å². The van der Waals surface area contributed by atoms with Crippen molar-refractivity contribution in [1.29, 1.82) is 0 Å². The Bertz CT molecular complexity index is 937. The number of para-hydroxylation sites is 1. The zero-order valence-corrected chi connectivity index (χ0v) is 17.1. The SMILES string of the molecule is CCn1c(SCC(=O)C(C)(C)C)nnc1[C@@H](N)Cc1c[nH]c2ccccc12. The van der Waals surface area contributed by atoms with Crippen LogP contribution in [-0.4, -0.2) is 31.3 Å². The predicted octanol–water partition coefficient (Wildman–Crippen LogP) is 3.73.